The predicted molar refractivity (Wildman–Crippen MR) is 57.2 cm³/mol. The number of thiol groups is 1. The molecule has 1 aromatic rings. The van der Waals surface area contributed by atoms with Crippen molar-refractivity contribution in [2.45, 2.75) is 38.4 Å². The van der Waals surface area contributed by atoms with Gasteiger partial charge in [0.05, 0.1) is 11.4 Å². The Bertz CT molecular complexity index is 268. The van der Waals surface area contributed by atoms with E-state index in [9.17, 15) is 0 Å². The molecule has 0 saturated heterocycles. The van der Waals surface area contributed by atoms with Crippen LogP contribution in [0, 0.1) is 0 Å². The summed E-state index contributed by atoms with van der Waals surface area (Å²) >= 11 is 4.36. The third-order valence-electron chi connectivity index (χ3n) is 2.16. The first kappa shape index (κ1) is 10.6. The lowest BCUT2D eigenvalue weighted by atomic mass is 10.1. The minimum Gasteiger partial charge on any atom is -0.252 e. The molecule has 0 aliphatic rings. The van der Waals surface area contributed by atoms with Gasteiger partial charge in [0.2, 0.25) is 0 Å². The van der Waals surface area contributed by atoms with E-state index >= 15 is 0 Å². The van der Waals surface area contributed by atoms with E-state index in [2.05, 4.69) is 36.8 Å². The van der Waals surface area contributed by atoms with Gasteiger partial charge < -0.3 is 0 Å². The average Bonchev–Trinajstić information content (AvgIpc) is 2.43. The van der Waals surface area contributed by atoms with Crippen molar-refractivity contribution in [2.24, 2.45) is 7.05 Å². The van der Waals surface area contributed by atoms with Crippen LogP contribution in [0.25, 0.3) is 0 Å². The summed E-state index contributed by atoms with van der Waals surface area (Å²) < 4.78 is 1.87. The molecule has 4 heteroatoms. The van der Waals surface area contributed by atoms with Crippen LogP contribution < -0.4 is 0 Å². The topological polar surface area (TPSA) is 30.7 Å². The number of nitrogens with zero attached hydrogens (tertiary/aromatic N) is 3. The van der Waals surface area contributed by atoms with Gasteiger partial charge in [0.15, 0.2) is 0 Å². The van der Waals surface area contributed by atoms with Crippen molar-refractivity contribution in [3.63, 3.8) is 0 Å². The summed E-state index contributed by atoms with van der Waals surface area (Å²) in [5, 5.41) is 8.55. The molecule has 0 fully saturated rings. The summed E-state index contributed by atoms with van der Waals surface area (Å²) in [7, 11) is 1.95. The molecule has 0 amide bonds. The Morgan fingerprint density at radius 1 is 1.54 bits per heavy atom. The molecule has 0 aliphatic carbocycles. The Morgan fingerprint density at radius 3 is 2.77 bits per heavy atom. The molecule has 3 nitrogen and oxygen atoms in total. The van der Waals surface area contributed by atoms with Gasteiger partial charge in [-0.1, -0.05) is 19.1 Å². The van der Waals surface area contributed by atoms with Gasteiger partial charge in [-0.3, -0.25) is 4.68 Å². The molecule has 0 aliphatic heterocycles. The van der Waals surface area contributed by atoms with Crippen LogP contribution in [-0.2, 0) is 19.9 Å². The number of hydrogen-bond donors (Lipinski definition) is 1. The van der Waals surface area contributed by atoms with Crippen LogP contribution in [0.5, 0.6) is 0 Å². The molecule has 0 N–H and O–H groups in total. The van der Waals surface area contributed by atoms with E-state index in [1.807, 2.05) is 11.7 Å². The van der Waals surface area contributed by atoms with Gasteiger partial charge in [-0.2, -0.15) is 12.6 Å². The molecule has 1 rings (SSSR count). The maximum absolute atomic E-state index is 4.36. The Balaban J connectivity index is 2.68. The zero-order valence-corrected chi connectivity index (χ0v) is 9.38. The molecule has 1 heterocycles. The second kappa shape index (κ2) is 4.65. The second-order valence-corrected chi connectivity index (χ2v) is 4.23. The molecule has 1 atom stereocenters. The summed E-state index contributed by atoms with van der Waals surface area (Å²) in [6.45, 7) is 4.22. The van der Waals surface area contributed by atoms with Crippen molar-refractivity contribution < 1.29 is 0 Å². The van der Waals surface area contributed by atoms with Gasteiger partial charge in [-0.05, 0) is 24.5 Å². The standard InChI is InChI=1S/C9H17N3S/c1-4-8-9(6-5-7(2)13)12(3)11-10-8/h7,13H,4-6H2,1-3H3. The zero-order valence-electron chi connectivity index (χ0n) is 8.49. The zero-order chi connectivity index (χ0) is 9.84. The van der Waals surface area contributed by atoms with Gasteiger partial charge >= 0.3 is 0 Å². The van der Waals surface area contributed by atoms with E-state index in [4.69, 9.17) is 0 Å². The quantitative estimate of drug-likeness (QED) is 0.747. The lowest BCUT2D eigenvalue weighted by Gasteiger charge is -2.05. The third-order valence-corrected chi connectivity index (χ3v) is 2.42. The molecule has 13 heavy (non-hydrogen) atoms. The van der Waals surface area contributed by atoms with Crippen molar-refractivity contribution in [1.29, 1.82) is 0 Å². The van der Waals surface area contributed by atoms with Crippen molar-refractivity contribution >= 4 is 12.6 Å². The Kier molecular flexibility index (Phi) is 3.78. The maximum Gasteiger partial charge on any atom is 0.0856 e. The minimum atomic E-state index is 0.444. The van der Waals surface area contributed by atoms with Crippen LogP contribution in [0.4, 0.5) is 0 Å². The molecule has 1 unspecified atom stereocenters. The fraction of sp³-hybridized carbons (Fsp3) is 0.778. The van der Waals surface area contributed by atoms with Gasteiger partial charge in [0.25, 0.3) is 0 Å². The number of rotatable bonds is 4. The van der Waals surface area contributed by atoms with Gasteiger partial charge in [-0.25, -0.2) is 0 Å². The van der Waals surface area contributed by atoms with Crippen LogP contribution in [0.2, 0.25) is 0 Å². The second-order valence-electron chi connectivity index (χ2n) is 3.35. The van der Waals surface area contributed by atoms with Crippen molar-refractivity contribution in [2.75, 3.05) is 0 Å². The smallest absolute Gasteiger partial charge is 0.0856 e. The highest BCUT2D eigenvalue weighted by Gasteiger charge is 2.08. The van der Waals surface area contributed by atoms with Crippen LogP contribution in [-0.4, -0.2) is 20.2 Å². The first-order valence-corrected chi connectivity index (χ1v) is 5.22. The van der Waals surface area contributed by atoms with Crippen LogP contribution in [0.15, 0.2) is 0 Å². The van der Waals surface area contributed by atoms with Gasteiger partial charge in [0.1, 0.15) is 0 Å². The molecule has 74 valence electrons. The van der Waals surface area contributed by atoms with E-state index in [0.29, 0.717) is 5.25 Å². The van der Waals surface area contributed by atoms with Crippen molar-refractivity contribution in [1.82, 2.24) is 15.0 Å². The van der Waals surface area contributed by atoms with E-state index in [1.165, 1.54) is 5.69 Å². The molecule has 0 bridgehead atoms. The van der Waals surface area contributed by atoms with E-state index in [0.717, 1.165) is 25.0 Å². The molecule has 0 radical (unpaired) electrons. The Labute approximate surface area is 84.9 Å². The summed E-state index contributed by atoms with van der Waals surface area (Å²) in [4.78, 5) is 0. The first-order chi connectivity index (χ1) is 6.15. The highest BCUT2D eigenvalue weighted by atomic mass is 32.1. The monoisotopic (exact) mass is 199 g/mol. The molecule has 0 aromatic carbocycles. The summed E-state index contributed by atoms with van der Waals surface area (Å²) in [6.07, 6.45) is 3.07. The van der Waals surface area contributed by atoms with E-state index < -0.39 is 0 Å². The van der Waals surface area contributed by atoms with Gasteiger partial charge in [0, 0.05) is 7.05 Å². The van der Waals surface area contributed by atoms with E-state index in [1.54, 1.807) is 0 Å². The summed E-state index contributed by atoms with van der Waals surface area (Å²) in [5.74, 6) is 0. The lowest BCUT2D eigenvalue weighted by molar-refractivity contribution is 0.658. The SMILES string of the molecule is CCc1nnn(C)c1CCC(C)S. The van der Waals surface area contributed by atoms with E-state index in [-0.39, 0.29) is 0 Å². The van der Waals surface area contributed by atoms with Crippen molar-refractivity contribution in [3.05, 3.63) is 11.4 Å². The maximum atomic E-state index is 4.36. The number of hydrogen-bond acceptors (Lipinski definition) is 3. The Morgan fingerprint density at radius 2 is 2.23 bits per heavy atom. The molecular formula is C9H17N3S. The molecule has 0 spiro atoms. The fourth-order valence-electron chi connectivity index (χ4n) is 1.35. The largest absolute Gasteiger partial charge is 0.252 e. The van der Waals surface area contributed by atoms with Gasteiger partial charge in [-0.15, -0.1) is 5.10 Å². The number of aryl methyl sites for hydroxylation is 2. The highest BCUT2D eigenvalue weighted by Crippen LogP contribution is 2.11. The average molecular weight is 199 g/mol. The highest BCUT2D eigenvalue weighted by molar-refractivity contribution is 7.80. The lowest BCUT2D eigenvalue weighted by Crippen LogP contribution is -2.03. The van der Waals surface area contributed by atoms with Crippen LogP contribution in [0.1, 0.15) is 31.7 Å². The number of aromatic nitrogens is 3. The molecule has 0 saturated carbocycles. The van der Waals surface area contributed by atoms with Crippen LogP contribution in [0.3, 0.4) is 0 Å². The van der Waals surface area contributed by atoms with Crippen LogP contribution >= 0.6 is 12.6 Å². The Hall–Kier alpha value is -0.510. The minimum absolute atomic E-state index is 0.444. The molecule has 1 aromatic heterocycles. The van der Waals surface area contributed by atoms with Crippen molar-refractivity contribution in [3.8, 4) is 0 Å². The predicted octanol–water partition coefficient (Wildman–Crippen LogP) is 1.63. The third kappa shape index (κ3) is 2.72. The first-order valence-electron chi connectivity index (χ1n) is 4.70. The summed E-state index contributed by atoms with van der Waals surface area (Å²) in [6, 6.07) is 0. The molecular weight excluding hydrogens is 182 g/mol. The normalized spacial score (nSPS) is 13.2. The fourth-order valence-corrected chi connectivity index (χ4v) is 1.48. The summed E-state index contributed by atoms with van der Waals surface area (Å²) in [5.41, 5.74) is 2.37.